The lowest BCUT2D eigenvalue weighted by Gasteiger charge is -2.27. The second kappa shape index (κ2) is 12.3. The molecule has 0 saturated carbocycles. The van der Waals surface area contributed by atoms with Crippen molar-refractivity contribution in [2.45, 2.75) is 37.9 Å². The molecule has 0 aliphatic carbocycles. The Morgan fingerprint density at radius 1 is 0.979 bits per heavy atom. The first-order valence-electron chi connectivity index (χ1n) is 15.1. The number of pyridine rings is 2. The zero-order chi connectivity index (χ0) is 32.5. The molecule has 5 aromatic rings. The van der Waals surface area contributed by atoms with Crippen LogP contribution in [0, 0.1) is 0 Å². The van der Waals surface area contributed by atoms with Crippen LogP contribution in [0.15, 0.2) is 95.8 Å². The van der Waals surface area contributed by atoms with E-state index < -0.39 is 35.7 Å². The van der Waals surface area contributed by atoms with Crippen LogP contribution >= 0.6 is 0 Å². The van der Waals surface area contributed by atoms with Gasteiger partial charge in [0.05, 0.1) is 29.8 Å². The largest absolute Gasteiger partial charge is 0.459 e. The molecular weight excluding hydrogens is 600 g/mol. The van der Waals surface area contributed by atoms with E-state index in [4.69, 9.17) is 4.42 Å². The van der Waals surface area contributed by atoms with Crippen LogP contribution in [-0.4, -0.2) is 50.4 Å². The minimum atomic E-state index is -1.04. The molecule has 47 heavy (non-hydrogen) atoms. The molecule has 0 spiro atoms. The molecule has 0 radical (unpaired) electrons. The number of hydrogen-bond donors (Lipinski definition) is 3. The Bertz CT molecular complexity index is 2010. The number of carbonyl (C=O) groups excluding carboxylic acids is 5. The molecule has 1 saturated heterocycles. The van der Waals surface area contributed by atoms with Crippen LogP contribution in [0.2, 0.25) is 0 Å². The van der Waals surface area contributed by atoms with E-state index in [1.807, 2.05) is 36.4 Å². The second-order valence-corrected chi connectivity index (χ2v) is 11.3. The number of imide groups is 2. The third-order valence-electron chi connectivity index (χ3n) is 8.23. The third-order valence-corrected chi connectivity index (χ3v) is 8.23. The predicted octanol–water partition coefficient (Wildman–Crippen LogP) is 3.68. The number of hydrogen-bond acceptors (Lipinski definition) is 9. The Balaban J connectivity index is 1.01. The van der Waals surface area contributed by atoms with Crippen molar-refractivity contribution in [1.29, 1.82) is 0 Å². The third kappa shape index (κ3) is 5.84. The maximum atomic E-state index is 13.4. The summed E-state index contributed by atoms with van der Waals surface area (Å²) in [6, 6.07) is 20.1. The van der Waals surface area contributed by atoms with Crippen molar-refractivity contribution in [3.05, 3.63) is 125 Å². The molecule has 5 heterocycles. The number of amides is 5. The Hall–Kier alpha value is -6.17. The fourth-order valence-electron chi connectivity index (χ4n) is 5.92. The second-order valence-electron chi connectivity index (χ2n) is 11.3. The maximum absolute atomic E-state index is 13.4. The normalized spacial score (nSPS) is 16.6. The van der Waals surface area contributed by atoms with E-state index in [9.17, 15) is 24.0 Å². The summed E-state index contributed by atoms with van der Waals surface area (Å²) < 4.78 is 6.07. The van der Waals surface area contributed by atoms with Crippen LogP contribution in [0.25, 0.3) is 11.0 Å². The molecule has 2 atom stereocenters. The number of nitrogens with one attached hydrogen (secondary N) is 3. The quantitative estimate of drug-likeness (QED) is 0.207. The minimum absolute atomic E-state index is 0.0463. The average Bonchev–Trinajstić information content (AvgIpc) is 3.62. The SMILES string of the molecule is O=C1CCC(N2C(=O)c3cccc(NCc4ccc(CC(=O)NC(c5cccnc5)c5cc6ccccc6o5)cn4)c3C2=O)C(=O)N1. The highest BCUT2D eigenvalue weighted by atomic mass is 16.3. The lowest BCUT2D eigenvalue weighted by Crippen LogP contribution is -2.54. The van der Waals surface area contributed by atoms with Gasteiger partial charge in [-0.25, -0.2) is 0 Å². The van der Waals surface area contributed by atoms with E-state index in [1.54, 1.807) is 48.9 Å². The minimum Gasteiger partial charge on any atom is -0.459 e. The van der Waals surface area contributed by atoms with Crippen LogP contribution in [0.1, 0.15) is 62.2 Å². The van der Waals surface area contributed by atoms with Gasteiger partial charge in [0, 0.05) is 41.6 Å². The first kappa shape index (κ1) is 29.5. The van der Waals surface area contributed by atoms with Crippen molar-refractivity contribution in [3.8, 4) is 0 Å². The Kier molecular flexibility index (Phi) is 7.74. The van der Waals surface area contributed by atoms with Gasteiger partial charge < -0.3 is 15.1 Å². The first-order valence-corrected chi connectivity index (χ1v) is 15.1. The topological polar surface area (TPSA) is 164 Å². The number of anilines is 1. The van der Waals surface area contributed by atoms with Gasteiger partial charge in [-0.3, -0.25) is 44.2 Å². The van der Waals surface area contributed by atoms with Gasteiger partial charge in [0.15, 0.2) is 0 Å². The summed E-state index contributed by atoms with van der Waals surface area (Å²) in [4.78, 5) is 73.3. The molecule has 12 nitrogen and oxygen atoms in total. The zero-order valence-corrected chi connectivity index (χ0v) is 24.9. The van der Waals surface area contributed by atoms with Crippen LogP contribution in [0.3, 0.4) is 0 Å². The lowest BCUT2D eigenvalue weighted by atomic mass is 10.0. The number of rotatable bonds is 9. The molecule has 2 aromatic carbocycles. The highest BCUT2D eigenvalue weighted by Crippen LogP contribution is 2.33. The van der Waals surface area contributed by atoms with E-state index >= 15 is 0 Å². The zero-order valence-electron chi connectivity index (χ0n) is 24.9. The molecule has 3 aromatic heterocycles. The molecule has 0 bridgehead atoms. The van der Waals surface area contributed by atoms with Crippen molar-refractivity contribution in [2.24, 2.45) is 0 Å². The number of carbonyl (C=O) groups is 5. The molecular formula is C35H28N6O6. The number of furan rings is 1. The standard InChI is InChI=1S/C35H28N6O6/c42-29-13-12-26(33(44)40-29)41-34(45)24-7-3-8-25(31(24)35(41)46)38-19-23-11-10-20(17-37-23)15-30(43)39-32(22-6-4-14-36-18-22)28-16-21-5-1-2-9-27(21)47-28/h1-11,14,16-18,26,32,38H,12-13,15,19H2,(H,39,43)(H,40,42,44). The molecule has 7 rings (SSSR count). The molecule has 2 aliphatic rings. The van der Waals surface area contributed by atoms with E-state index in [-0.39, 0.29) is 42.8 Å². The van der Waals surface area contributed by atoms with Gasteiger partial charge in [-0.1, -0.05) is 36.4 Å². The summed E-state index contributed by atoms with van der Waals surface area (Å²) in [5.41, 5.74) is 3.62. The highest BCUT2D eigenvalue weighted by Gasteiger charge is 2.45. The first-order chi connectivity index (χ1) is 22.9. The van der Waals surface area contributed by atoms with E-state index in [2.05, 4.69) is 25.9 Å². The van der Waals surface area contributed by atoms with Gasteiger partial charge in [-0.2, -0.15) is 0 Å². The molecule has 3 N–H and O–H groups in total. The Morgan fingerprint density at radius 2 is 1.85 bits per heavy atom. The summed E-state index contributed by atoms with van der Waals surface area (Å²) in [5.74, 6) is -1.89. The number of piperidine rings is 1. The van der Waals surface area contributed by atoms with E-state index in [0.29, 0.717) is 22.7 Å². The number of nitrogens with zero attached hydrogens (tertiary/aromatic N) is 3. The van der Waals surface area contributed by atoms with Crippen LogP contribution in [0.5, 0.6) is 0 Å². The van der Waals surface area contributed by atoms with E-state index in [0.717, 1.165) is 21.4 Å². The fraction of sp³-hybridized carbons (Fsp3) is 0.171. The summed E-state index contributed by atoms with van der Waals surface area (Å²) in [6.07, 6.45) is 5.19. The van der Waals surface area contributed by atoms with Crippen molar-refractivity contribution in [3.63, 3.8) is 0 Å². The van der Waals surface area contributed by atoms with Gasteiger partial charge in [0.2, 0.25) is 17.7 Å². The number of aromatic nitrogens is 2. The smallest absolute Gasteiger partial charge is 0.264 e. The van der Waals surface area contributed by atoms with Crippen molar-refractivity contribution < 1.29 is 28.4 Å². The Morgan fingerprint density at radius 3 is 2.62 bits per heavy atom. The summed E-state index contributed by atoms with van der Waals surface area (Å²) >= 11 is 0. The monoisotopic (exact) mass is 628 g/mol. The number of para-hydroxylation sites is 1. The number of fused-ring (bicyclic) bond motifs is 2. The molecule has 2 unspecified atom stereocenters. The number of benzene rings is 2. The van der Waals surface area contributed by atoms with Crippen LogP contribution < -0.4 is 16.0 Å². The maximum Gasteiger partial charge on any atom is 0.264 e. The van der Waals surface area contributed by atoms with Crippen LogP contribution in [0.4, 0.5) is 5.69 Å². The Labute approximate surface area is 268 Å². The molecule has 234 valence electrons. The summed E-state index contributed by atoms with van der Waals surface area (Å²) in [6.45, 7) is 0.234. The predicted molar refractivity (Wildman–Crippen MR) is 169 cm³/mol. The average molecular weight is 629 g/mol. The van der Waals surface area contributed by atoms with Crippen molar-refractivity contribution >= 4 is 46.2 Å². The van der Waals surface area contributed by atoms with Gasteiger partial charge in [-0.05, 0) is 48.4 Å². The summed E-state index contributed by atoms with van der Waals surface area (Å²) in [5, 5.41) is 9.37. The highest BCUT2D eigenvalue weighted by molar-refractivity contribution is 6.25. The van der Waals surface area contributed by atoms with Gasteiger partial charge >= 0.3 is 0 Å². The lowest BCUT2D eigenvalue weighted by molar-refractivity contribution is -0.136. The summed E-state index contributed by atoms with van der Waals surface area (Å²) in [7, 11) is 0. The molecule has 2 aliphatic heterocycles. The van der Waals surface area contributed by atoms with Gasteiger partial charge in [0.25, 0.3) is 11.8 Å². The van der Waals surface area contributed by atoms with Crippen molar-refractivity contribution in [2.75, 3.05) is 5.32 Å². The van der Waals surface area contributed by atoms with E-state index in [1.165, 1.54) is 6.07 Å². The molecule has 1 fully saturated rings. The van der Waals surface area contributed by atoms with Crippen molar-refractivity contribution in [1.82, 2.24) is 25.5 Å². The fourth-order valence-corrected chi connectivity index (χ4v) is 5.92. The van der Waals surface area contributed by atoms with Gasteiger partial charge in [0.1, 0.15) is 23.4 Å². The van der Waals surface area contributed by atoms with Crippen LogP contribution in [-0.2, 0) is 27.3 Å². The molecule has 12 heteroatoms. The van der Waals surface area contributed by atoms with Gasteiger partial charge in [-0.15, -0.1) is 0 Å². The molecule has 5 amide bonds.